The van der Waals surface area contributed by atoms with Gasteiger partial charge < -0.3 is 14.5 Å². The Kier molecular flexibility index (Phi) is 2.54. The minimum Gasteiger partial charge on any atom is -0.481 e. The summed E-state index contributed by atoms with van der Waals surface area (Å²) in [4.78, 5) is 0. The number of furan rings is 1. The van der Waals surface area contributed by atoms with Crippen LogP contribution in [0.15, 0.2) is 28.7 Å². The van der Waals surface area contributed by atoms with E-state index in [0.717, 1.165) is 40.6 Å². The first-order chi connectivity index (χ1) is 8.65. The summed E-state index contributed by atoms with van der Waals surface area (Å²) in [5.74, 6) is 2.82. The van der Waals surface area contributed by atoms with Gasteiger partial charge in [0.2, 0.25) is 0 Å². The smallest absolute Gasteiger partial charge is 0.146 e. The molecule has 1 aliphatic rings. The highest BCUT2D eigenvalue weighted by atomic mass is 16.5. The van der Waals surface area contributed by atoms with Crippen molar-refractivity contribution in [2.24, 2.45) is 0 Å². The molecular formula is C15H17NO2. The normalized spacial score (nSPS) is 17.8. The predicted molar refractivity (Wildman–Crippen MR) is 71.2 cm³/mol. The van der Waals surface area contributed by atoms with Crippen molar-refractivity contribution in [3.05, 3.63) is 46.9 Å². The Morgan fingerprint density at radius 2 is 2.06 bits per heavy atom. The molecule has 0 saturated heterocycles. The summed E-state index contributed by atoms with van der Waals surface area (Å²) in [7, 11) is 0. The van der Waals surface area contributed by atoms with Crippen LogP contribution in [0.2, 0.25) is 0 Å². The number of hydrogen-bond acceptors (Lipinski definition) is 3. The Balaban J connectivity index is 1.95. The first-order valence-corrected chi connectivity index (χ1v) is 6.22. The summed E-state index contributed by atoms with van der Waals surface area (Å²) < 4.78 is 11.7. The van der Waals surface area contributed by atoms with Gasteiger partial charge in [-0.05, 0) is 38.5 Å². The number of ether oxygens (including phenoxy) is 1. The first-order valence-electron chi connectivity index (χ1n) is 6.22. The Morgan fingerprint density at radius 3 is 2.78 bits per heavy atom. The van der Waals surface area contributed by atoms with Gasteiger partial charge in [-0.3, -0.25) is 0 Å². The van der Waals surface area contributed by atoms with Crippen LogP contribution in [0.3, 0.4) is 0 Å². The molecule has 0 aliphatic carbocycles. The summed E-state index contributed by atoms with van der Waals surface area (Å²) in [5, 5.41) is 3.42. The molecule has 3 heteroatoms. The van der Waals surface area contributed by atoms with Crippen LogP contribution in [0.25, 0.3) is 0 Å². The molecular weight excluding hydrogens is 226 g/mol. The molecule has 3 nitrogen and oxygen atoms in total. The molecule has 1 unspecified atom stereocenters. The summed E-state index contributed by atoms with van der Waals surface area (Å²) >= 11 is 0. The maximum absolute atomic E-state index is 6.12. The molecule has 18 heavy (non-hydrogen) atoms. The van der Waals surface area contributed by atoms with Crippen LogP contribution in [0.1, 0.15) is 28.8 Å². The number of anilines is 1. The summed E-state index contributed by atoms with van der Waals surface area (Å²) in [5.41, 5.74) is 3.36. The molecule has 0 amide bonds. The number of rotatable bonds is 1. The lowest BCUT2D eigenvalue weighted by atomic mass is 10.1. The van der Waals surface area contributed by atoms with Gasteiger partial charge in [-0.15, -0.1) is 0 Å². The molecule has 1 atom stereocenters. The van der Waals surface area contributed by atoms with Gasteiger partial charge in [0.05, 0.1) is 12.2 Å². The fraction of sp³-hybridized carbons (Fsp3) is 0.333. The third-order valence-electron chi connectivity index (χ3n) is 3.38. The monoisotopic (exact) mass is 243 g/mol. The Hall–Kier alpha value is -1.90. The van der Waals surface area contributed by atoms with Crippen molar-refractivity contribution >= 4 is 5.69 Å². The zero-order valence-corrected chi connectivity index (χ0v) is 10.9. The Morgan fingerprint density at radius 1 is 1.22 bits per heavy atom. The Labute approximate surface area is 107 Å². The minimum absolute atomic E-state index is 0.0241. The SMILES string of the molecule is Cc1cc(C2CNc3cccc(C)c3O2)c(C)o1. The van der Waals surface area contributed by atoms with E-state index in [-0.39, 0.29) is 6.10 Å². The van der Waals surface area contributed by atoms with E-state index in [4.69, 9.17) is 9.15 Å². The van der Waals surface area contributed by atoms with E-state index in [1.165, 1.54) is 0 Å². The number of aryl methyl sites for hydroxylation is 3. The fourth-order valence-electron chi connectivity index (χ4n) is 2.48. The maximum atomic E-state index is 6.12. The number of hydrogen-bond donors (Lipinski definition) is 1. The van der Waals surface area contributed by atoms with Crippen LogP contribution in [0, 0.1) is 20.8 Å². The first kappa shape index (κ1) is 11.2. The molecule has 1 N–H and O–H groups in total. The van der Waals surface area contributed by atoms with Crippen molar-refractivity contribution < 1.29 is 9.15 Å². The van der Waals surface area contributed by atoms with Gasteiger partial charge in [-0.25, -0.2) is 0 Å². The van der Waals surface area contributed by atoms with Crippen LogP contribution in [-0.4, -0.2) is 6.54 Å². The van der Waals surface area contributed by atoms with Crippen LogP contribution < -0.4 is 10.1 Å². The number of benzene rings is 1. The molecule has 3 rings (SSSR count). The molecule has 1 aromatic carbocycles. The largest absolute Gasteiger partial charge is 0.481 e. The van der Waals surface area contributed by atoms with Gasteiger partial charge in [-0.1, -0.05) is 12.1 Å². The standard InChI is InChI=1S/C15H17NO2/c1-9-5-4-6-13-15(9)18-14(8-16-13)12-7-10(2)17-11(12)3/h4-7,14,16H,8H2,1-3H3. The molecule has 2 heterocycles. The summed E-state index contributed by atoms with van der Waals surface area (Å²) in [6.45, 7) is 6.79. The van der Waals surface area contributed by atoms with E-state index >= 15 is 0 Å². The Bertz CT molecular complexity index is 586. The van der Waals surface area contributed by atoms with E-state index in [0.29, 0.717) is 0 Å². The number of para-hydroxylation sites is 1. The van der Waals surface area contributed by atoms with Gasteiger partial charge in [0.1, 0.15) is 23.4 Å². The molecule has 94 valence electrons. The average Bonchev–Trinajstić information content (AvgIpc) is 2.69. The van der Waals surface area contributed by atoms with E-state index in [1.807, 2.05) is 26.0 Å². The third-order valence-corrected chi connectivity index (χ3v) is 3.38. The fourth-order valence-corrected chi connectivity index (χ4v) is 2.48. The van der Waals surface area contributed by atoms with Crippen LogP contribution in [0.5, 0.6) is 5.75 Å². The van der Waals surface area contributed by atoms with Crippen molar-refractivity contribution in [2.45, 2.75) is 26.9 Å². The van der Waals surface area contributed by atoms with Gasteiger partial charge >= 0.3 is 0 Å². The van der Waals surface area contributed by atoms with Gasteiger partial charge in [0.15, 0.2) is 0 Å². The van der Waals surface area contributed by atoms with E-state index < -0.39 is 0 Å². The van der Waals surface area contributed by atoms with Crippen molar-refractivity contribution in [3.63, 3.8) is 0 Å². The molecule has 2 aromatic rings. The highest BCUT2D eigenvalue weighted by Gasteiger charge is 2.25. The zero-order chi connectivity index (χ0) is 12.7. The van der Waals surface area contributed by atoms with Crippen molar-refractivity contribution in [3.8, 4) is 5.75 Å². The second-order valence-electron chi connectivity index (χ2n) is 4.81. The molecule has 1 aromatic heterocycles. The van der Waals surface area contributed by atoms with Crippen molar-refractivity contribution in [2.75, 3.05) is 11.9 Å². The highest BCUT2D eigenvalue weighted by molar-refractivity contribution is 5.61. The zero-order valence-electron chi connectivity index (χ0n) is 10.9. The second-order valence-corrected chi connectivity index (χ2v) is 4.81. The predicted octanol–water partition coefficient (Wildman–Crippen LogP) is 3.75. The molecule has 1 aliphatic heterocycles. The van der Waals surface area contributed by atoms with E-state index in [1.54, 1.807) is 0 Å². The average molecular weight is 243 g/mol. The van der Waals surface area contributed by atoms with Gasteiger partial charge in [0.25, 0.3) is 0 Å². The van der Waals surface area contributed by atoms with Crippen molar-refractivity contribution in [1.82, 2.24) is 0 Å². The van der Waals surface area contributed by atoms with Gasteiger partial charge in [-0.2, -0.15) is 0 Å². The quantitative estimate of drug-likeness (QED) is 0.828. The lowest BCUT2D eigenvalue weighted by molar-refractivity contribution is 0.207. The third kappa shape index (κ3) is 1.76. The van der Waals surface area contributed by atoms with Crippen molar-refractivity contribution in [1.29, 1.82) is 0 Å². The number of fused-ring (bicyclic) bond motifs is 1. The highest BCUT2D eigenvalue weighted by Crippen LogP contribution is 2.37. The molecule has 0 spiro atoms. The summed E-state index contributed by atoms with van der Waals surface area (Å²) in [6.07, 6.45) is 0.0241. The lowest BCUT2D eigenvalue weighted by Gasteiger charge is -2.28. The van der Waals surface area contributed by atoms with Gasteiger partial charge in [0, 0.05) is 5.56 Å². The molecule has 0 saturated carbocycles. The number of nitrogens with one attached hydrogen (secondary N) is 1. The minimum atomic E-state index is 0.0241. The lowest BCUT2D eigenvalue weighted by Crippen LogP contribution is -2.24. The molecule has 0 bridgehead atoms. The molecule has 0 radical (unpaired) electrons. The molecule has 0 fully saturated rings. The van der Waals surface area contributed by atoms with E-state index in [2.05, 4.69) is 24.4 Å². The van der Waals surface area contributed by atoms with E-state index in [9.17, 15) is 0 Å². The summed E-state index contributed by atoms with van der Waals surface area (Å²) in [6, 6.07) is 8.21. The topological polar surface area (TPSA) is 34.4 Å². The maximum Gasteiger partial charge on any atom is 0.146 e. The van der Waals surface area contributed by atoms with Crippen LogP contribution >= 0.6 is 0 Å². The van der Waals surface area contributed by atoms with Crippen LogP contribution in [0.4, 0.5) is 5.69 Å². The van der Waals surface area contributed by atoms with Crippen LogP contribution in [-0.2, 0) is 0 Å². The second kappa shape index (κ2) is 4.09.